The number of halogens is 1. The Morgan fingerprint density at radius 3 is 2.60 bits per heavy atom. The number of nitrogens with two attached hydrogens (primary N) is 1. The molecule has 2 aromatic rings. The predicted octanol–water partition coefficient (Wildman–Crippen LogP) is 4.01. The van der Waals surface area contributed by atoms with Crippen molar-refractivity contribution in [1.82, 2.24) is 0 Å². The van der Waals surface area contributed by atoms with Gasteiger partial charge in [-0.05, 0) is 55.1 Å². The summed E-state index contributed by atoms with van der Waals surface area (Å²) in [5.74, 6) is 0.586. The number of anilines is 1. The molecule has 1 unspecified atom stereocenters. The first-order chi connectivity index (χ1) is 9.54. The van der Waals surface area contributed by atoms with Crippen LogP contribution in [0.25, 0.3) is 0 Å². The monoisotopic (exact) mass is 307 g/mol. The maximum atomic E-state index is 12.1. The number of ether oxygens (including phenoxy) is 1. The lowest BCUT2D eigenvalue weighted by Gasteiger charge is -2.13. The number of carbonyl (C=O) groups excluding carboxylic acids is 1. The van der Waals surface area contributed by atoms with Crippen molar-refractivity contribution in [3.05, 3.63) is 53.6 Å². The minimum atomic E-state index is -0.558. The van der Waals surface area contributed by atoms with Crippen molar-refractivity contribution in [1.29, 1.82) is 0 Å². The quantitative estimate of drug-likeness (QED) is 0.685. The molecule has 0 heterocycles. The van der Waals surface area contributed by atoms with Gasteiger partial charge in [0.15, 0.2) is 6.10 Å². The zero-order valence-corrected chi connectivity index (χ0v) is 12.4. The first-order valence-corrected chi connectivity index (χ1v) is 7.23. The zero-order chi connectivity index (χ0) is 14.5. The predicted molar refractivity (Wildman–Crippen MR) is 83.3 cm³/mol. The summed E-state index contributed by atoms with van der Waals surface area (Å²) in [4.78, 5) is 12.9. The van der Waals surface area contributed by atoms with E-state index in [-0.39, 0.29) is 5.12 Å². The fraction of sp³-hybridized carbons (Fsp3) is 0.133. The number of nitrogen functional groups attached to an aromatic ring is 1. The minimum Gasteiger partial charge on any atom is -0.482 e. The molecule has 0 radical (unpaired) electrons. The Kier molecular flexibility index (Phi) is 4.93. The molecule has 0 fully saturated rings. The van der Waals surface area contributed by atoms with E-state index in [1.807, 2.05) is 0 Å². The van der Waals surface area contributed by atoms with E-state index in [4.69, 9.17) is 22.1 Å². The van der Waals surface area contributed by atoms with Crippen LogP contribution in [-0.4, -0.2) is 11.2 Å². The third kappa shape index (κ3) is 4.18. The van der Waals surface area contributed by atoms with E-state index in [0.717, 1.165) is 16.7 Å². The molecule has 2 N–H and O–H groups in total. The average Bonchev–Trinajstić information content (AvgIpc) is 2.41. The number of carbonyl (C=O) groups is 1. The summed E-state index contributed by atoms with van der Waals surface area (Å²) in [6.07, 6.45) is -0.558. The fourth-order valence-electron chi connectivity index (χ4n) is 1.54. The number of rotatable bonds is 4. The van der Waals surface area contributed by atoms with Crippen LogP contribution in [-0.2, 0) is 4.79 Å². The van der Waals surface area contributed by atoms with Crippen LogP contribution in [0.1, 0.15) is 6.92 Å². The molecule has 0 aliphatic rings. The molecule has 104 valence electrons. The van der Waals surface area contributed by atoms with Gasteiger partial charge in [0.1, 0.15) is 5.75 Å². The molecule has 0 aliphatic heterocycles. The molecule has 2 rings (SSSR count). The topological polar surface area (TPSA) is 52.3 Å². The summed E-state index contributed by atoms with van der Waals surface area (Å²) in [6, 6.07) is 14.1. The van der Waals surface area contributed by atoms with E-state index in [2.05, 4.69) is 0 Å². The van der Waals surface area contributed by atoms with Crippen LogP contribution in [0.3, 0.4) is 0 Å². The van der Waals surface area contributed by atoms with Crippen LogP contribution >= 0.6 is 23.4 Å². The molecule has 0 spiro atoms. The minimum absolute atomic E-state index is 0.0743. The maximum Gasteiger partial charge on any atom is 0.233 e. The van der Waals surface area contributed by atoms with Gasteiger partial charge in [0.25, 0.3) is 0 Å². The lowest BCUT2D eigenvalue weighted by atomic mass is 10.3. The second kappa shape index (κ2) is 6.68. The highest BCUT2D eigenvalue weighted by Gasteiger charge is 2.16. The first-order valence-electron chi connectivity index (χ1n) is 6.04. The van der Waals surface area contributed by atoms with Gasteiger partial charge < -0.3 is 10.5 Å². The standard InChI is InChI=1S/C15H14ClNO2S/c1-10(19-13-4-2-3-12(17)9-13)15(18)20-14-7-5-11(16)6-8-14/h2-10H,17H2,1H3. The summed E-state index contributed by atoms with van der Waals surface area (Å²) in [7, 11) is 0. The molecular formula is C15H14ClNO2S. The molecule has 2 aromatic carbocycles. The number of hydrogen-bond donors (Lipinski definition) is 1. The van der Waals surface area contributed by atoms with Gasteiger partial charge in [0.2, 0.25) is 5.12 Å². The zero-order valence-electron chi connectivity index (χ0n) is 10.9. The Balaban J connectivity index is 1.96. The molecule has 3 nitrogen and oxygen atoms in total. The van der Waals surface area contributed by atoms with E-state index in [9.17, 15) is 4.79 Å². The van der Waals surface area contributed by atoms with Gasteiger partial charge in [-0.15, -0.1) is 0 Å². The van der Waals surface area contributed by atoms with Crippen LogP contribution in [0.15, 0.2) is 53.4 Å². The van der Waals surface area contributed by atoms with Crippen molar-refractivity contribution in [3.63, 3.8) is 0 Å². The van der Waals surface area contributed by atoms with Gasteiger partial charge in [-0.1, -0.05) is 17.7 Å². The van der Waals surface area contributed by atoms with Gasteiger partial charge in [-0.2, -0.15) is 0 Å². The normalized spacial score (nSPS) is 11.9. The van der Waals surface area contributed by atoms with Crippen molar-refractivity contribution in [2.75, 3.05) is 5.73 Å². The average molecular weight is 308 g/mol. The van der Waals surface area contributed by atoms with Gasteiger partial charge in [0, 0.05) is 21.7 Å². The van der Waals surface area contributed by atoms with Crippen molar-refractivity contribution in [2.24, 2.45) is 0 Å². The summed E-state index contributed by atoms with van der Waals surface area (Å²) >= 11 is 6.93. The molecule has 5 heteroatoms. The van der Waals surface area contributed by atoms with Gasteiger partial charge in [-0.25, -0.2) is 0 Å². The molecule has 1 atom stereocenters. The Bertz CT molecular complexity index is 601. The van der Waals surface area contributed by atoms with E-state index in [1.54, 1.807) is 55.5 Å². The van der Waals surface area contributed by atoms with Gasteiger partial charge in [0.05, 0.1) is 0 Å². The van der Waals surface area contributed by atoms with Crippen LogP contribution < -0.4 is 10.5 Å². The molecule has 20 heavy (non-hydrogen) atoms. The van der Waals surface area contributed by atoms with E-state index >= 15 is 0 Å². The largest absolute Gasteiger partial charge is 0.482 e. The SMILES string of the molecule is CC(Oc1cccc(N)c1)C(=O)Sc1ccc(Cl)cc1. The highest BCUT2D eigenvalue weighted by Crippen LogP contribution is 2.24. The van der Waals surface area contributed by atoms with Gasteiger partial charge in [-0.3, -0.25) is 4.79 Å². The van der Waals surface area contributed by atoms with Crippen molar-refractivity contribution < 1.29 is 9.53 Å². The number of thioether (sulfide) groups is 1. The Hall–Kier alpha value is -1.65. The molecule has 0 saturated carbocycles. The van der Waals surface area contributed by atoms with Crippen molar-refractivity contribution in [2.45, 2.75) is 17.9 Å². The van der Waals surface area contributed by atoms with Crippen LogP contribution in [0.4, 0.5) is 5.69 Å². The Morgan fingerprint density at radius 2 is 1.95 bits per heavy atom. The summed E-state index contributed by atoms with van der Waals surface area (Å²) in [5.41, 5.74) is 6.27. The summed E-state index contributed by atoms with van der Waals surface area (Å²) in [6.45, 7) is 1.72. The third-order valence-electron chi connectivity index (χ3n) is 2.53. The smallest absolute Gasteiger partial charge is 0.233 e. The van der Waals surface area contributed by atoms with Crippen LogP contribution in [0.2, 0.25) is 5.02 Å². The second-order valence-electron chi connectivity index (χ2n) is 4.21. The van der Waals surface area contributed by atoms with Crippen LogP contribution in [0.5, 0.6) is 5.75 Å². The molecule has 0 aliphatic carbocycles. The Labute approximate surface area is 127 Å². The number of benzene rings is 2. The fourth-order valence-corrected chi connectivity index (χ4v) is 2.39. The second-order valence-corrected chi connectivity index (χ2v) is 5.72. The summed E-state index contributed by atoms with van der Waals surface area (Å²) < 4.78 is 5.58. The Morgan fingerprint density at radius 1 is 1.25 bits per heavy atom. The maximum absolute atomic E-state index is 12.1. The van der Waals surface area contributed by atoms with Crippen molar-refractivity contribution >= 4 is 34.2 Å². The highest BCUT2D eigenvalue weighted by molar-refractivity contribution is 8.13. The van der Waals surface area contributed by atoms with Crippen molar-refractivity contribution in [3.8, 4) is 5.75 Å². The van der Waals surface area contributed by atoms with E-state index in [0.29, 0.717) is 16.5 Å². The molecular weight excluding hydrogens is 294 g/mol. The third-order valence-corrected chi connectivity index (χ3v) is 3.83. The first kappa shape index (κ1) is 14.8. The van der Waals surface area contributed by atoms with Crippen LogP contribution in [0, 0.1) is 0 Å². The molecule has 0 amide bonds. The van der Waals surface area contributed by atoms with E-state index < -0.39 is 6.10 Å². The molecule has 0 saturated heterocycles. The molecule has 0 aromatic heterocycles. The number of hydrogen-bond acceptors (Lipinski definition) is 4. The van der Waals surface area contributed by atoms with E-state index in [1.165, 1.54) is 0 Å². The lowest BCUT2D eigenvalue weighted by molar-refractivity contribution is -0.116. The summed E-state index contributed by atoms with van der Waals surface area (Å²) in [5, 5.41) is 0.570. The van der Waals surface area contributed by atoms with Gasteiger partial charge >= 0.3 is 0 Å². The molecule has 0 bridgehead atoms. The highest BCUT2D eigenvalue weighted by atomic mass is 35.5. The lowest BCUT2D eigenvalue weighted by Crippen LogP contribution is -2.20.